The van der Waals surface area contributed by atoms with Gasteiger partial charge in [-0.1, -0.05) is 115 Å². The van der Waals surface area contributed by atoms with Crippen LogP contribution < -0.4 is 19.9 Å². The largest absolute Gasteiger partial charge is 0.491 e. The molecule has 3 amide bonds. The van der Waals surface area contributed by atoms with Gasteiger partial charge in [0.15, 0.2) is 0 Å². The number of cyclic esters (lactones) is 1. The number of benzene rings is 7. The minimum Gasteiger partial charge on any atom is -0.491 e. The number of aliphatic hydroxyl groups excluding tert-OH is 1. The summed E-state index contributed by atoms with van der Waals surface area (Å²) in [5.74, 6) is 2.94. The van der Waals surface area contributed by atoms with E-state index >= 15 is 19.2 Å². The number of aliphatic hydroxyl groups is 1. The van der Waals surface area contributed by atoms with E-state index in [-0.39, 0.29) is 36.8 Å². The van der Waals surface area contributed by atoms with E-state index in [4.69, 9.17) is 18.9 Å². The minimum atomic E-state index is -2.17. The number of ether oxygens (including phenoxy) is 4. The molecule has 410 valence electrons. The summed E-state index contributed by atoms with van der Waals surface area (Å²) in [6.45, 7) is 2.75. The van der Waals surface area contributed by atoms with E-state index in [1.807, 2.05) is 115 Å². The van der Waals surface area contributed by atoms with Gasteiger partial charge in [0, 0.05) is 48.7 Å². The topological polar surface area (TPSA) is 194 Å². The van der Waals surface area contributed by atoms with Gasteiger partial charge in [0.25, 0.3) is 5.69 Å². The van der Waals surface area contributed by atoms with Crippen LogP contribution in [-0.4, -0.2) is 103 Å². The Balaban J connectivity index is 1.12. The van der Waals surface area contributed by atoms with Crippen molar-refractivity contribution >= 4 is 46.6 Å². The first-order chi connectivity index (χ1) is 39.5. The Morgan fingerprint density at radius 2 is 1.47 bits per heavy atom. The fourth-order valence-electron chi connectivity index (χ4n) is 11.9. The van der Waals surface area contributed by atoms with Gasteiger partial charge in [-0.15, -0.1) is 0 Å². The summed E-state index contributed by atoms with van der Waals surface area (Å²) >= 11 is 0. The number of non-ortho nitro benzene ring substituents is 1. The van der Waals surface area contributed by atoms with Crippen LogP contribution in [0.5, 0.6) is 5.75 Å². The number of rotatable bonds is 15. The van der Waals surface area contributed by atoms with Crippen molar-refractivity contribution in [2.75, 3.05) is 68.2 Å². The number of amides is 3. The van der Waals surface area contributed by atoms with Crippen LogP contribution in [0.1, 0.15) is 57.1 Å². The van der Waals surface area contributed by atoms with Crippen LogP contribution in [-0.2, 0) is 47.2 Å². The Kier molecular flexibility index (Phi) is 15.7. The molecule has 6 atom stereocenters. The summed E-state index contributed by atoms with van der Waals surface area (Å²) in [6, 6.07) is 50.0. The maximum Gasteiger partial charge on any atom is 0.421 e. The van der Waals surface area contributed by atoms with E-state index in [1.165, 1.54) is 24.3 Å². The lowest BCUT2D eigenvalue weighted by atomic mass is 9.65. The van der Waals surface area contributed by atoms with E-state index < -0.39 is 64.4 Å². The van der Waals surface area contributed by atoms with E-state index in [2.05, 4.69) is 27.0 Å². The molecule has 3 fully saturated rings. The molecule has 0 aromatic heterocycles. The predicted octanol–water partition coefficient (Wildman–Crippen LogP) is 8.93. The van der Waals surface area contributed by atoms with Crippen molar-refractivity contribution in [1.82, 2.24) is 9.80 Å². The van der Waals surface area contributed by atoms with Gasteiger partial charge >= 0.3 is 12.1 Å². The molecule has 7 aromatic carbocycles. The fraction of sp³-hybridized carbons (Fsp3) is 0.250. The summed E-state index contributed by atoms with van der Waals surface area (Å²) in [5, 5.41) is 24.6. The molecule has 0 aliphatic carbocycles. The third kappa shape index (κ3) is 10.7. The lowest BCUT2D eigenvalue weighted by molar-refractivity contribution is -0.384. The van der Waals surface area contributed by atoms with Gasteiger partial charge in [0.1, 0.15) is 36.5 Å². The van der Waals surface area contributed by atoms with Crippen LogP contribution in [0.3, 0.4) is 0 Å². The molecule has 0 bridgehead atoms. The molecular weight excluding hydrogens is 1030 g/mol. The average Bonchev–Trinajstić information content (AvgIpc) is 2.98. The molecule has 0 saturated carbocycles. The van der Waals surface area contributed by atoms with Gasteiger partial charge in [-0.2, -0.15) is 0 Å². The number of hydrogen-bond donors (Lipinski definition) is 2. The van der Waals surface area contributed by atoms with Crippen LogP contribution >= 0.6 is 0 Å². The summed E-state index contributed by atoms with van der Waals surface area (Å²) in [4.78, 5) is 82.1. The standard InChI is InChI=1S/C64H58N6O11/c1-66(41-44-13-5-2-6-14-44)32-12-15-43-24-31-54-53(39-43)64(62(74)68(54)63(75)80-42-45-22-27-51(28-23-45)70(76)77)55(60(72)65-49-25-29-50(30-26-49)67-33-36-78-37-34-67)57-61(73)81-58(47-18-9-4-10-19-47)56(46-16-7-3-8-17-46)69(57)59(64)48-20-11-21-52(40-48)79-38-35-71/h2-11,13-14,16-31,39-40,55-59,71H,32-38,41-42H2,1H3,(H,65,72)/t55-,56-,57-,58+,59+,64-/m0/s1. The zero-order chi connectivity index (χ0) is 56.0. The maximum atomic E-state index is 16.9. The van der Waals surface area contributed by atoms with E-state index in [0.29, 0.717) is 78.6 Å². The molecule has 17 nitrogen and oxygen atoms in total. The Morgan fingerprint density at radius 1 is 0.790 bits per heavy atom. The number of anilines is 3. The quantitative estimate of drug-likeness (QED) is 0.0428. The zero-order valence-electron chi connectivity index (χ0n) is 44.3. The summed E-state index contributed by atoms with van der Waals surface area (Å²) in [6.07, 6.45) is -2.08. The first-order valence-electron chi connectivity index (χ1n) is 26.8. The number of imide groups is 1. The van der Waals surface area contributed by atoms with E-state index in [9.17, 15) is 15.2 Å². The average molecular weight is 1090 g/mol. The molecule has 4 aliphatic heterocycles. The lowest BCUT2D eigenvalue weighted by Crippen LogP contribution is -2.54. The van der Waals surface area contributed by atoms with Crippen LogP contribution in [0.4, 0.5) is 27.5 Å². The summed E-state index contributed by atoms with van der Waals surface area (Å²) in [7, 11) is 1.96. The fourth-order valence-corrected chi connectivity index (χ4v) is 11.9. The second kappa shape index (κ2) is 23.7. The number of fused-ring (bicyclic) bond motifs is 3. The van der Waals surface area contributed by atoms with Gasteiger partial charge in [-0.05, 0) is 107 Å². The highest BCUT2D eigenvalue weighted by atomic mass is 16.6. The number of morpholine rings is 2. The molecule has 4 heterocycles. The van der Waals surface area contributed by atoms with Crippen molar-refractivity contribution in [1.29, 1.82) is 0 Å². The summed E-state index contributed by atoms with van der Waals surface area (Å²) in [5.41, 5.74) is 3.08. The molecule has 2 N–H and O–H groups in total. The van der Waals surface area contributed by atoms with Crippen LogP contribution in [0.25, 0.3) is 0 Å². The van der Waals surface area contributed by atoms with Crippen molar-refractivity contribution in [2.24, 2.45) is 5.92 Å². The molecule has 3 saturated heterocycles. The Labute approximate surface area is 468 Å². The third-order valence-electron chi connectivity index (χ3n) is 15.4. The van der Waals surface area contributed by atoms with Crippen molar-refractivity contribution in [3.8, 4) is 17.6 Å². The summed E-state index contributed by atoms with van der Waals surface area (Å²) < 4.78 is 24.3. The van der Waals surface area contributed by atoms with Gasteiger partial charge in [0.2, 0.25) is 11.8 Å². The molecule has 4 aliphatic rings. The number of nitrogens with zero attached hydrogens (tertiary/aromatic N) is 5. The van der Waals surface area contributed by atoms with Crippen molar-refractivity contribution < 1.29 is 48.2 Å². The molecule has 0 radical (unpaired) electrons. The SMILES string of the molecule is CN(CC#Cc1ccc2c(c1)[C@]1(C(=O)N2C(=O)OCc2ccc([N+](=O)[O-])cc2)[C@H](C(=O)Nc2ccc(N3CCOCC3)cc2)[C@H]2C(=O)O[C@H](c3ccccc3)[C@H](c3ccccc3)N2[C@@H]1c1cccc(OCCO)c1)Cc1ccccc1. The normalized spacial score (nSPS) is 21.1. The van der Waals surface area contributed by atoms with Crippen LogP contribution in [0.15, 0.2) is 182 Å². The second-order valence-electron chi connectivity index (χ2n) is 20.4. The highest BCUT2D eigenvalue weighted by Gasteiger charge is 2.76. The van der Waals surface area contributed by atoms with E-state index in [1.54, 1.807) is 54.6 Å². The monoisotopic (exact) mass is 1090 g/mol. The highest BCUT2D eigenvalue weighted by Crippen LogP contribution is 2.66. The molecule has 0 unspecified atom stereocenters. The lowest BCUT2D eigenvalue weighted by Gasteiger charge is -2.46. The maximum absolute atomic E-state index is 16.9. The number of hydrogen-bond acceptors (Lipinski definition) is 14. The predicted molar refractivity (Wildman–Crippen MR) is 302 cm³/mol. The number of carbonyl (C=O) groups excluding carboxylic acids is 4. The highest BCUT2D eigenvalue weighted by molar-refractivity contribution is 6.24. The Hall–Kier alpha value is -9.18. The van der Waals surface area contributed by atoms with Crippen molar-refractivity contribution in [3.05, 3.63) is 231 Å². The van der Waals surface area contributed by atoms with Gasteiger partial charge in [0.05, 0.1) is 55.0 Å². The molecule has 81 heavy (non-hydrogen) atoms. The molecule has 17 heteroatoms. The smallest absolute Gasteiger partial charge is 0.421 e. The van der Waals surface area contributed by atoms with Crippen LogP contribution in [0, 0.1) is 27.9 Å². The molecule has 1 spiro atoms. The molecule has 11 rings (SSSR count). The first-order valence-corrected chi connectivity index (χ1v) is 26.8. The molecule has 7 aromatic rings. The minimum absolute atomic E-state index is 0.0608. The first kappa shape index (κ1) is 53.8. The van der Waals surface area contributed by atoms with Crippen molar-refractivity contribution in [3.63, 3.8) is 0 Å². The zero-order valence-corrected chi connectivity index (χ0v) is 44.3. The number of nitro groups is 1. The van der Waals surface area contributed by atoms with Gasteiger partial charge in [-0.25, -0.2) is 9.69 Å². The number of carbonyl (C=O) groups is 4. The van der Waals surface area contributed by atoms with Gasteiger partial charge < -0.3 is 34.3 Å². The van der Waals surface area contributed by atoms with Crippen molar-refractivity contribution in [2.45, 2.75) is 42.8 Å². The number of nitro benzene ring substituents is 1. The Morgan fingerprint density at radius 3 is 2.16 bits per heavy atom. The number of esters is 1. The number of nitrogens with one attached hydrogen (secondary N) is 1. The second-order valence-corrected chi connectivity index (χ2v) is 20.4. The van der Waals surface area contributed by atoms with E-state index in [0.717, 1.165) is 16.2 Å². The van der Waals surface area contributed by atoms with Gasteiger partial charge in [-0.3, -0.25) is 34.3 Å². The van der Waals surface area contributed by atoms with Crippen LogP contribution in [0.2, 0.25) is 0 Å². The molecular formula is C64H58N6O11. The third-order valence-corrected chi connectivity index (χ3v) is 15.4. The Bertz CT molecular complexity index is 3500.